The van der Waals surface area contributed by atoms with Gasteiger partial charge in [-0.1, -0.05) is 20.8 Å². The van der Waals surface area contributed by atoms with Crippen molar-refractivity contribution in [2.45, 2.75) is 46.6 Å². The molecule has 18 heavy (non-hydrogen) atoms. The summed E-state index contributed by atoms with van der Waals surface area (Å²) in [6, 6.07) is 0. The van der Waals surface area contributed by atoms with Crippen molar-refractivity contribution in [3.63, 3.8) is 0 Å². The van der Waals surface area contributed by atoms with E-state index in [1.807, 2.05) is 0 Å². The average Bonchev–Trinajstić information content (AvgIpc) is 2.77. The molecule has 0 radical (unpaired) electrons. The third-order valence-corrected chi connectivity index (χ3v) is 2.49. The summed E-state index contributed by atoms with van der Waals surface area (Å²) in [7, 11) is 0. The molecule has 1 heterocycles. The molecule has 1 rings (SSSR count). The Balaban J connectivity index is 2.11. The maximum absolute atomic E-state index is 5.59. The fraction of sp³-hybridized carbons (Fsp3) is 0.786. The molecule has 0 aliphatic heterocycles. The van der Waals surface area contributed by atoms with Gasteiger partial charge in [0.1, 0.15) is 12.4 Å². The molecule has 1 aromatic heterocycles. The molecule has 104 valence electrons. The van der Waals surface area contributed by atoms with Gasteiger partial charge in [0.05, 0.1) is 6.20 Å². The smallest absolute Gasteiger partial charge is 0.194 e. The van der Waals surface area contributed by atoms with Gasteiger partial charge in [-0.2, -0.15) is 0 Å². The van der Waals surface area contributed by atoms with Crippen molar-refractivity contribution in [1.29, 1.82) is 0 Å². The SMILES string of the molecule is CCCOCc1cnc(CCCNCC(C)C)o1. The summed E-state index contributed by atoms with van der Waals surface area (Å²) < 4.78 is 11.0. The van der Waals surface area contributed by atoms with Crippen LogP contribution >= 0.6 is 0 Å². The highest BCUT2D eigenvalue weighted by molar-refractivity contribution is 4.92. The summed E-state index contributed by atoms with van der Waals surface area (Å²) in [4.78, 5) is 4.25. The number of ether oxygens (including phenoxy) is 1. The Bertz CT molecular complexity index is 310. The van der Waals surface area contributed by atoms with Crippen molar-refractivity contribution in [1.82, 2.24) is 10.3 Å². The summed E-state index contributed by atoms with van der Waals surface area (Å²) in [6.45, 7) is 9.91. The lowest BCUT2D eigenvalue weighted by Gasteiger charge is -2.05. The van der Waals surface area contributed by atoms with Gasteiger partial charge >= 0.3 is 0 Å². The normalized spacial score (nSPS) is 11.3. The minimum absolute atomic E-state index is 0.534. The highest BCUT2D eigenvalue weighted by Gasteiger charge is 2.03. The molecule has 0 spiro atoms. The summed E-state index contributed by atoms with van der Waals surface area (Å²) in [5.41, 5.74) is 0. The van der Waals surface area contributed by atoms with Crippen LogP contribution in [0.25, 0.3) is 0 Å². The molecule has 0 saturated carbocycles. The second-order valence-electron chi connectivity index (χ2n) is 4.97. The molecule has 0 aromatic carbocycles. The van der Waals surface area contributed by atoms with Crippen molar-refractivity contribution in [3.05, 3.63) is 17.8 Å². The first kappa shape index (κ1) is 15.2. The maximum atomic E-state index is 5.59. The fourth-order valence-corrected chi connectivity index (χ4v) is 1.60. The van der Waals surface area contributed by atoms with E-state index in [9.17, 15) is 0 Å². The zero-order valence-electron chi connectivity index (χ0n) is 11.9. The number of oxazole rings is 1. The van der Waals surface area contributed by atoms with Crippen molar-refractivity contribution >= 4 is 0 Å². The van der Waals surface area contributed by atoms with Crippen LogP contribution in [-0.2, 0) is 17.8 Å². The molecule has 1 N–H and O–H groups in total. The standard InChI is InChI=1S/C14H26N2O2/c1-4-8-17-11-13-10-16-14(18-13)6-5-7-15-9-12(2)3/h10,12,15H,4-9,11H2,1-3H3. The molecular formula is C14H26N2O2. The Kier molecular flexibility index (Phi) is 7.69. The van der Waals surface area contributed by atoms with Gasteiger partial charge in [0.15, 0.2) is 5.89 Å². The van der Waals surface area contributed by atoms with E-state index < -0.39 is 0 Å². The predicted octanol–water partition coefficient (Wildman–Crippen LogP) is 2.78. The van der Waals surface area contributed by atoms with Gasteiger partial charge in [0.2, 0.25) is 0 Å². The highest BCUT2D eigenvalue weighted by atomic mass is 16.5. The largest absolute Gasteiger partial charge is 0.443 e. The van der Waals surface area contributed by atoms with E-state index in [2.05, 4.69) is 31.1 Å². The number of nitrogens with zero attached hydrogens (tertiary/aromatic N) is 1. The van der Waals surface area contributed by atoms with Crippen LogP contribution in [0.2, 0.25) is 0 Å². The molecule has 0 amide bonds. The summed E-state index contributed by atoms with van der Waals surface area (Å²) in [5, 5.41) is 3.41. The maximum Gasteiger partial charge on any atom is 0.194 e. The Morgan fingerprint density at radius 1 is 1.44 bits per heavy atom. The van der Waals surface area contributed by atoms with Gasteiger partial charge in [0.25, 0.3) is 0 Å². The molecule has 0 unspecified atom stereocenters. The zero-order valence-corrected chi connectivity index (χ0v) is 11.9. The van der Waals surface area contributed by atoms with Gasteiger partial charge in [-0.15, -0.1) is 0 Å². The summed E-state index contributed by atoms with van der Waals surface area (Å²) >= 11 is 0. The van der Waals surface area contributed by atoms with Gasteiger partial charge < -0.3 is 14.5 Å². The molecule has 0 atom stereocenters. The van der Waals surface area contributed by atoms with E-state index in [1.54, 1.807) is 6.20 Å². The van der Waals surface area contributed by atoms with Gasteiger partial charge in [0, 0.05) is 13.0 Å². The molecule has 0 aliphatic carbocycles. The Labute approximate surface area is 110 Å². The van der Waals surface area contributed by atoms with Crippen molar-refractivity contribution in [3.8, 4) is 0 Å². The van der Waals surface area contributed by atoms with Gasteiger partial charge in [-0.25, -0.2) is 4.98 Å². The fourth-order valence-electron chi connectivity index (χ4n) is 1.60. The first-order valence-electron chi connectivity index (χ1n) is 6.94. The van der Waals surface area contributed by atoms with Crippen LogP contribution in [0.3, 0.4) is 0 Å². The van der Waals surface area contributed by atoms with E-state index in [1.165, 1.54) is 0 Å². The molecular weight excluding hydrogens is 228 g/mol. The number of rotatable bonds is 10. The van der Waals surface area contributed by atoms with E-state index >= 15 is 0 Å². The van der Waals surface area contributed by atoms with E-state index in [4.69, 9.17) is 9.15 Å². The number of hydrogen-bond donors (Lipinski definition) is 1. The average molecular weight is 254 g/mol. The number of aryl methyl sites for hydroxylation is 1. The van der Waals surface area contributed by atoms with E-state index in [0.29, 0.717) is 12.5 Å². The molecule has 0 aliphatic rings. The van der Waals surface area contributed by atoms with Crippen LogP contribution in [0, 0.1) is 5.92 Å². The number of nitrogens with one attached hydrogen (secondary N) is 1. The number of aromatic nitrogens is 1. The zero-order chi connectivity index (χ0) is 13.2. The van der Waals surface area contributed by atoms with Crippen LogP contribution in [0.4, 0.5) is 0 Å². The van der Waals surface area contributed by atoms with Crippen LogP contribution in [0.5, 0.6) is 0 Å². The molecule has 1 aromatic rings. The monoisotopic (exact) mass is 254 g/mol. The van der Waals surface area contributed by atoms with Crippen LogP contribution in [0.15, 0.2) is 10.6 Å². The molecule has 4 heteroatoms. The Morgan fingerprint density at radius 3 is 3.00 bits per heavy atom. The second-order valence-corrected chi connectivity index (χ2v) is 4.97. The summed E-state index contributed by atoms with van der Waals surface area (Å²) in [6.07, 6.45) is 4.75. The molecule has 4 nitrogen and oxygen atoms in total. The van der Waals surface area contributed by atoms with Crippen LogP contribution in [-0.4, -0.2) is 24.7 Å². The Hall–Kier alpha value is -0.870. The summed E-state index contributed by atoms with van der Waals surface area (Å²) in [5.74, 6) is 2.35. The van der Waals surface area contributed by atoms with Gasteiger partial charge in [-0.05, 0) is 31.8 Å². The lowest BCUT2D eigenvalue weighted by Crippen LogP contribution is -2.21. The first-order chi connectivity index (χ1) is 8.72. The minimum Gasteiger partial charge on any atom is -0.443 e. The molecule has 0 saturated heterocycles. The van der Waals surface area contributed by atoms with Crippen molar-refractivity contribution in [2.24, 2.45) is 5.92 Å². The highest BCUT2D eigenvalue weighted by Crippen LogP contribution is 2.07. The van der Waals surface area contributed by atoms with E-state index in [-0.39, 0.29) is 0 Å². The lowest BCUT2D eigenvalue weighted by molar-refractivity contribution is 0.106. The van der Waals surface area contributed by atoms with Crippen molar-refractivity contribution in [2.75, 3.05) is 19.7 Å². The molecule has 0 fully saturated rings. The first-order valence-corrected chi connectivity index (χ1v) is 6.94. The lowest BCUT2D eigenvalue weighted by atomic mass is 10.2. The quantitative estimate of drug-likeness (QED) is 0.652. The predicted molar refractivity (Wildman–Crippen MR) is 72.5 cm³/mol. The van der Waals surface area contributed by atoms with Crippen molar-refractivity contribution < 1.29 is 9.15 Å². The third kappa shape index (κ3) is 6.77. The number of hydrogen-bond acceptors (Lipinski definition) is 4. The van der Waals surface area contributed by atoms with Crippen LogP contribution in [0.1, 0.15) is 45.3 Å². The third-order valence-electron chi connectivity index (χ3n) is 2.49. The topological polar surface area (TPSA) is 47.3 Å². The molecule has 0 bridgehead atoms. The minimum atomic E-state index is 0.534. The second kappa shape index (κ2) is 9.11. The van der Waals surface area contributed by atoms with Crippen LogP contribution < -0.4 is 5.32 Å². The Morgan fingerprint density at radius 2 is 2.28 bits per heavy atom. The van der Waals surface area contributed by atoms with Gasteiger partial charge in [-0.3, -0.25) is 0 Å². The van der Waals surface area contributed by atoms with E-state index in [0.717, 1.165) is 50.6 Å².